The second-order valence-corrected chi connectivity index (χ2v) is 16.2. The van der Waals surface area contributed by atoms with Crippen molar-refractivity contribution in [3.8, 4) is 5.75 Å². The summed E-state index contributed by atoms with van der Waals surface area (Å²) in [4.78, 5) is 27.3. The Morgan fingerprint density at radius 1 is 0.938 bits per heavy atom. The molecular weight excluding hydrogens is 664 g/mol. The molecule has 258 valence electrons. The number of hydrogen-bond acceptors (Lipinski definition) is 6. The van der Waals surface area contributed by atoms with E-state index < -0.39 is 45.2 Å². The second-order valence-electron chi connectivity index (χ2n) is 14.1. The van der Waals surface area contributed by atoms with Crippen molar-refractivity contribution in [1.29, 1.82) is 0 Å². The highest BCUT2D eigenvalue weighted by atomic mass is 35.5. The van der Waals surface area contributed by atoms with Gasteiger partial charge in [-0.1, -0.05) is 35.9 Å². The number of ether oxygens (including phenoxy) is 2. The normalized spacial score (nSPS) is 22.2. The highest BCUT2D eigenvalue weighted by Gasteiger charge is 2.54. The third kappa shape index (κ3) is 7.40. The monoisotopic (exact) mass is 703 g/mol. The zero-order chi connectivity index (χ0) is 34.4. The molecule has 3 aromatic rings. The highest BCUT2D eigenvalue weighted by Crippen LogP contribution is 2.42. The molecule has 0 aromatic heterocycles. The van der Waals surface area contributed by atoms with Gasteiger partial charge in [0.2, 0.25) is 15.9 Å². The van der Waals surface area contributed by atoms with E-state index >= 15 is 8.78 Å². The number of halogens is 3. The summed E-state index contributed by atoms with van der Waals surface area (Å²) in [5.74, 6) is -4.69. The SMILES string of the molecule is CC(C)(C)OC(=O)NC1C2CC1CN(C(=O)C(NS(=O)(=O)c1ccc3cc(OC4CCCC4)ccc3c1)C(F)(F)c1ccc(Cl)cc1)C2. The molecule has 3 aromatic carbocycles. The first-order valence-electron chi connectivity index (χ1n) is 16.2. The average molecular weight is 704 g/mol. The van der Waals surface area contributed by atoms with Crippen LogP contribution in [0.15, 0.2) is 65.6 Å². The Bertz CT molecular complexity index is 1780. The molecule has 48 heavy (non-hydrogen) atoms. The van der Waals surface area contributed by atoms with Gasteiger partial charge in [0.25, 0.3) is 5.92 Å². The van der Waals surface area contributed by atoms with E-state index in [2.05, 4.69) is 10.0 Å². The van der Waals surface area contributed by atoms with Crippen molar-refractivity contribution in [3.63, 3.8) is 0 Å². The molecule has 3 unspecified atom stereocenters. The number of alkyl halides is 2. The molecule has 3 atom stereocenters. The molecule has 2 aliphatic heterocycles. The summed E-state index contributed by atoms with van der Waals surface area (Å²) >= 11 is 5.94. The third-order valence-electron chi connectivity index (χ3n) is 9.34. The molecule has 2 bridgehead atoms. The first kappa shape index (κ1) is 34.4. The van der Waals surface area contributed by atoms with E-state index in [1.54, 1.807) is 39.0 Å². The van der Waals surface area contributed by atoms with Crippen LogP contribution in [0.25, 0.3) is 10.8 Å². The maximum absolute atomic E-state index is 16.3. The number of carbonyl (C=O) groups is 2. The standard InChI is InChI=1S/C35H40ClF2N3O6S/c1-34(2,3)47-33(43)39-30-23-16-24(30)20-41(19-23)32(42)31(35(37,38)25-10-12-26(36)13-11-25)40-48(44,45)29-15-9-21-17-28(14-8-22(21)18-29)46-27-6-4-5-7-27/h8-15,17-18,23-24,27,30-31,40H,4-7,16,19-20H2,1-3H3,(H,39,43). The van der Waals surface area contributed by atoms with Crippen molar-refractivity contribution < 1.29 is 36.3 Å². The predicted molar refractivity (Wildman–Crippen MR) is 178 cm³/mol. The number of nitrogens with zero attached hydrogens (tertiary/aromatic N) is 1. The lowest BCUT2D eigenvalue weighted by molar-refractivity contribution is -0.152. The van der Waals surface area contributed by atoms with Gasteiger partial charge in [0.15, 0.2) is 6.04 Å². The van der Waals surface area contributed by atoms with Gasteiger partial charge in [-0.3, -0.25) is 4.79 Å². The van der Waals surface area contributed by atoms with Gasteiger partial charge in [0.1, 0.15) is 11.4 Å². The Labute approximate surface area is 284 Å². The van der Waals surface area contributed by atoms with Crippen molar-refractivity contribution in [2.75, 3.05) is 13.1 Å². The average Bonchev–Trinajstić information content (AvgIpc) is 3.54. The molecule has 2 amide bonds. The Kier molecular flexibility index (Phi) is 9.38. The fraction of sp³-hybridized carbons (Fsp3) is 0.486. The molecule has 4 aliphatic rings. The fourth-order valence-corrected chi connectivity index (χ4v) is 8.26. The van der Waals surface area contributed by atoms with Crippen LogP contribution in [-0.4, -0.2) is 62.2 Å². The van der Waals surface area contributed by atoms with Gasteiger partial charge in [0.05, 0.1) is 11.0 Å². The summed E-state index contributed by atoms with van der Waals surface area (Å²) in [7, 11) is -4.62. The van der Waals surface area contributed by atoms with E-state index in [0.717, 1.165) is 43.2 Å². The van der Waals surface area contributed by atoms with Gasteiger partial charge in [-0.25, -0.2) is 13.2 Å². The van der Waals surface area contributed by atoms with E-state index in [0.29, 0.717) is 17.6 Å². The lowest BCUT2D eigenvalue weighted by Crippen LogP contribution is -2.68. The van der Waals surface area contributed by atoms with Gasteiger partial charge in [-0.05, 0) is 112 Å². The van der Waals surface area contributed by atoms with Crippen molar-refractivity contribution in [2.45, 2.75) is 87.5 Å². The number of fused-ring (bicyclic) bond motifs is 3. The van der Waals surface area contributed by atoms with Gasteiger partial charge in [-0.2, -0.15) is 13.5 Å². The van der Waals surface area contributed by atoms with Crippen LogP contribution in [0.2, 0.25) is 5.02 Å². The van der Waals surface area contributed by atoms with Crippen molar-refractivity contribution in [3.05, 3.63) is 71.2 Å². The van der Waals surface area contributed by atoms with Gasteiger partial charge in [0, 0.05) is 29.7 Å². The largest absolute Gasteiger partial charge is 0.490 e. The summed E-state index contributed by atoms with van der Waals surface area (Å²) in [5.41, 5.74) is -1.26. The van der Waals surface area contributed by atoms with Crippen LogP contribution >= 0.6 is 11.6 Å². The minimum Gasteiger partial charge on any atom is -0.490 e. The number of hydrogen-bond donors (Lipinski definition) is 2. The zero-order valence-electron chi connectivity index (χ0n) is 27.0. The maximum Gasteiger partial charge on any atom is 0.407 e. The summed E-state index contributed by atoms with van der Waals surface area (Å²) in [5, 5.41) is 4.36. The van der Waals surface area contributed by atoms with Crippen LogP contribution in [0.3, 0.4) is 0 Å². The fourth-order valence-electron chi connectivity index (χ4n) is 6.91. The van der Waals surface area contributed by atoms with Crippen LogP contribution in [0.5, 0.6) is 5.75 Å². The lowest BCUT2D eigenvalue weighted by atomic mass is 9.66. The molecule has 2 heterocycles. The minimum absolute atomic E-state index is 0.0754. The molecule has 2 N–H and O–H groups in total. The summed E-state index contributed by atoms with van der Waals surface area (Å²) in [6.07, 6.45) is 4.48. The number of sulfonamides is 1. The topological polar surface area (TPSA) is 114 Å². The Hall–Kier alpha value is -3.48. The number of alkyl carbamates (subject to hydrolysis) is 1. The number of nitrogens with one attached hydrogen (secondary N) is 2. The van der Waals surface area contributed by atoms with E-state index in [9.17, 15) is 18.0 Å². The lowest BCUT2D eigenvalue weighted by Gasteiger charge is -2.54. The molecule has 2 saturated heterocycles. The van der Waals surface area contributed by atoms with Crippen molar-refractivity contribution in [2.24, 2.45) is 11.8 Å². The van der Waals surface area contributed by atoms with Gasteiger partial charge in [-0.15, -0.1) is 0 Å². The van der Waals surface area contributed by atoms with Crippen LogP contribution in [0.4, 0.5) is 13.6 Å². The van der Waals surface area contributed by atoms with E-state index in [-0.39, 0.29) is 47.0 Å². The van der Waals surface area contributed by atoms with E-state index in [4.69, 9.17) is 21.1 Å². The summed E-state index contributed by atoms with van der Waals surface area (Å²) in [6, 6.07) is 11.6. The number of carbonyl (C=O) groups excluding carboxylic acids is 2. The molecule has 2 aliphatic carbocycles. The van der Waals surface area contributed by atoms with Gasteiger partial charge >= 0.3 is 6.09 Å². The molecule has 2 saturated carbocycles. The molecule has 13 heteroatoms. The van der Waals surface area contributed by atoms with Crippen LogP contribution < -0.4 is 14.8 Å². The van der Waals surface area contributed by atoms with E-state index in [1.165, 1.54) is 29.2 Å². The first-order chi connectivity index (χ1) is 22.6. The van der Waals surface area contributed by atoms with Crippen molar-refractivity contribution in [1.82, 2.24) is 14.9 Å². The maximum atomic E-state index is 16.3. The van der Waals surface area contributed by atoms with Crippen LogP contribution in [0, 0.1) is 11.8 Å². The number of piperidine rings is 2. The number of rotatable bonds is 9. The Balaban J connectivity index is 1.23. The van der Waals surface area contributed by atoms with E-state index in [1.807, 2.05) is 6.07 Å². The minimum atomic E-state index is -4.62. The Morgan fingerprint density at radius 3 is 2.21 bits per heavy atom. The Morgan fingerprint density at radius 2 is 1.56 bits per heavy atom. The van der Waals surface area contributed by atoms with Crippen molar-refractivity contribution >= 4 is 44.4 Å². The third-order valence-corrected chi connectivity index (χ3v) is 11.0. The summed E-state index contributed by atoms with van der Waals surface area (Å²) < 4.78 is 73.5. The molecule has 7 rings (SSSR count). The first-order valence-corrected chi connectivity index (χ1v) is 18.1. The van der Waals surface area contributed by atoms with Crippen LogP contribution in [-0.2, 0) is 25.5 Å². The number of amides is 2. The number of benzene rings is 3. The highest BCUT2D eigenvalue weighted by molar-refractivity contribution is 7.89. The van der Waals surface area contributed by atoms with Gasteiger partial charge < -0.3 is 19.7 Å². The molecule has 0 spiro atoms. The molecule has 0 radical (unpaired) electrons. The quantitative estimate of drug-likeness (QED) is 0.259. The predicted octanol–water partition coefficient (Wildman–Crippen LogP) is 6.63. The molecular formula is C35H40ClF2N3O6S. The molecule has 4 fully saturated rings. The van der Waals surface area contributed by atoms with Crippen LogP contribution in [0.1, 0.15) is 58.4 Å². The summed E-state index contributed by atoms with van der Waals surface area (Å²) in [6.45, 7) is 5.39. The zero-order valence-corrected chi connectivity index (χ0v) is 28.6. The molecule has 9 nitrogen and oxygen atoms in total. The smallest absolute Gasteiger partial charge is 0.407 e. The second kappa shape index (κ2) is 13.1.